The van der Waals surface area contributed by atoms with Crippen molar-refractivity contribution in [3.05, 3.63) is 29.8 Å². The van der Waals surface area contributed by atoms with Gasteiger partial charge >= 0.3 is 70.1 Å². The van der Waals surface area contributed by atoms with Crippen molar-refractivity contribution in [3.63, 3.8) is 0 Å². The van der Waals surface area contributed by atoms with Crippen LogP contribution in [0.3, 0.4) is 0 Å². The Labute approximate surface area is 70.1 Å². The van der Waals surface area contributed by atoms with E-state index in [9.17, 15) is 0 Å². The number of hydrogen-bond donors (Lipinski definition) is 1. The zero-order valence-corrected chi connectivity index (χ0v) is 9.66. The molecule has 0 atom stereocenters. The SMILES string of the molecule is NCc1cccc[c]1[BiH2]. The molecule has 0 aliphatic rings. The molecule has 0 bridgehead atoms. The predicted molar refractivity (Wildman–Crippen MR) is 42.5 cm³/mol. The van der Waals surface area contributed by atoms with Crippen molar-refractivity contribution >= 4 is 28.0 Å². The minimum atomic E-state index is 0.687. The molecule has 9 heavy (non-hydrogen) atoms. The van der Waals surface area contributed by atoms with Crippen LogP contribution in [0.4, 0.5) is 0 Å². The summed E-state index contributed by atoms with van der Waals surface area (Å²) in [5.74, 6) is 0. The zero-order chi connectivity index (χ0) is 6.69. The third-order valence-corrected chi connectivity index (χ3v) is 3.46. The van der Waals surface area contributed by atoms with Crippen LogP contribution in [0, 0.1) is 0 Å². The molecule has 0 saturated carbocycles. The van der Waals surface area contributed by atoms with E-state index in [1.807, 2.05) is 6.07 Å². The van der Waals surface area contributed by atoms with Gasteiger partial charge in [0.15, 0.2) is 0 Å². The Bertz CT molecular complexity index is 198. The molecule has 0 aliphatic heterocycles. The quantitative estimate of drug-likeness (QED) is 0.688. The van der Waals surface area contributed by atoms with Gasteiger partial charge in [0.05, 0.1) is 0 Å². The Kier molecular flexibility index (Phi) is 2.62. The van der Waals surface area contributed by atoms with Crippen molar-refractivity contribution in [2.75, 3.05) is 0 Å². The van der Waals surface area contributed by atoms with E-state index in [0.29, 0.717) is 6.54 Å². The average Bonchev–Trinajstić information content (AvgIpc) is 1.89. The summed E-state index contributed by atoms with van der Waals surface area (Å²) in [6.07, 6.45) is 0. The van der Waals surface area contributed by atoms with Crippen LogP contribution in [0.1, 0.15) is 5.56 Å². The first-order valence-electron chi connectivity index (χ1n) is 2.88. The van der Waals surface area contributed by atoms with Gasteiger partial charge in [0.25, 0.3) is 0 Å². The molecule has 0 unspecified atom stereocenters. The molecule has 1 nitrogen and oxygen atoms in total. The molecule has 2 N–H and O–H groups in total. The Balaban J connectivity index is 3.01. The van der Waals surface area contributed by atoms with E-state index >= 15 is 0 Å². The van der Waals surface area contributed by atoms with Crippen molar-refractivity contribution in [2.24, 2.45) is 5.73 Å². The predicted octanol–water partition coefficient (Wildman–Crippen LogP) is -0.596. The second-order valence-electron chi connectivity index (χ2n) is 1.90. The van der Waals surface area contributed by atoms with Gasteiger partial charge < -0.3 is 0 Å². The summed E-state index contributed by atoms with van der Waals surface area (Å²) >= 11 is 0.912. The topological polar surface area (TPSA) is 26.0 Å². The second-order valence-corrected chi connectivity index (χ2v) is 4.32. The average molecular weight is 317 g/mol. The normalized spacial score (nSPS) is 9.56. The van der Waals surface area contributed by atoms with Crippen LogP contribution in [0.2, 0.25) is 0 Å². The first kappa shape index (κ1) is 7.17. The molecule has 1 aromatic carbocycles. The summed E-state index contributed by atoms with van der Waals surface area (Å²) in [6, 6.07) is 8.34. The maximum absolute atomic E-state index is 5.48. The van der Waals surface area contributed by atoms with E-state index < -0.39 is 0 Å². The van der Waals surface area contributed by atoms with Crippen molar-refractivity contribution in [1.29, 1.82) is 0 Å². The van der Waals surface area contributed by atoms with E-state index in [4.69, 9.17) is 5.73 Å². The zero-order valence-electron chi connectivity index (χ0n) is 5.17. The number of hydrogen-bond acceptors (Lipinski definition) is 1. The maximum atomic E-state index is 5.48. The molecule has 0 radical (unpaired) electrons. The van der Waals surface area contributed by atoms with Gasteiger partial charge in [-0.25, -0.2) is 0 Å². The van der Waals surface area contributed by atoms with Crippen LogP contribution < -0.4 is 9.01 Å². The number of nitrogens with two attached hydrogens (primary N) is 1. The fourth-order valence-corrected chi connectivity index (χ4v) is 1.98. The molecule has 1 aromatic rings. The Morgan fingerprint density at radius 2 is 2.00 bits per heavy atom. The fraction of sp³-hybridized carbons (Fsp3) is 0.143. The van der Waals surface area contributed by atoms with Crippen LogP contribution in [0.15, 0.2) is 24.3 Å². The standard InChI is InChI=1S/C7H8N.Bi.2H/c8-6-7-4-2-1-3-5-7;;;/h1-4H,6,8H2;;;. The molecule has 1 rings (SSSR count). The van der Waals surface area contributed by atoms with E-state index in [1.165, 1.54) is 8.83 Å². The van der Waals surface area contributed by atoms with E-state index in [2.05, 4.69) is 18.2 Å². The molecule has 0 amide bonds. The van der Waals surface area contributed by atoms with Gasteiger partial charge in [-0.3, -0.25) is 0 Å². The van der Waals surface area contributed by atoms with Crippen LogP contribution in [-0.4, -0.2) is 24.7 Å². The third-order valence-electron chi connectivity index (χ3n) is 1.28. The minimum absolute atomic E-state index is 0.687. The Morgan fingerprint density at radius 1 is 1.33 bits per heavy atom. The molecule has 0 saturated heterocycles. The molecule has 0 fully saturated rings. The molecular weight excluding hydrogens is 307 g/mol. The first-order chi connectivity index (χ1) is 4.34. The van der Waals surface area contributed by atoms with Gasteiger partial charge in [0, 0.05) is 0 Å². The molecule has 0 heterocycles. The molecule has 0 spiro atoms. The third kappa shape index (κ3) is 1.74. The van der Waals surface area contributed by atoms with Crippen LogP contribution >= 0.6 is 0 Å². The van der Waals surface area contributed by atoms with Gasteiger partial charge in [-0.2, -0.15) is 0 Å². The van der Waals surface area contributed by atoms with Gasteiger partial charge in [0.2, 0.25) is 0 Å². The fourth-order valence-electron chi connectivity index (χ4n) is 0.720. The van der Waals surface area contributed by atoms with Crippen molar-refractivity contribution < 1.29 is 0 Å². The van der Waals surface area contributed by atoms with Gasteiger partial charge in [-0.1, -0.05) is 0 Å². The summed E-state index contributed by atoms with van der Waals surface area (Å²) in [5.41, 5.74) is 6.79. The summed E-state index contributed by atoms with van der Waals surface area (Å²) in [6.45, 7) is 0.687. The van der Waals surface area contributed by atoms with Crippen LogP contribution in [-0.2, 0) is 6.54 Å². The summed E-state index contributed by atoms with van der Waals surface area (Å²) in [5, 5.41) is 0. The first-order valence-corrected chi connectivity index (χ1v) is 5.12. The monoisotopic (exact) mass is 317 g/mol. The molecular formula is C7H10BiN. The van der Waals surface area contributed by atoms with E-state index in [-0.39, 0.29) is 0 Å². The van der Waals surface area contributed by atoms with Crippen LogP contribution in [0.5, 0.6) is 0 Å². The molecule has 0 aromatic heterocycles. The van der Waals surface area contributed by atoms with Gasteiger partial charge in [0.1, 0.15) is 0 Å². The van der Waals surface area contributed by atoms with Gasteiger partial charge in [-0.05, 0) is 0 Å². The number of rotatable bonds is 1. The summed E-state index contributed by atoms with van der Waals surface area (Å²) in [4.78, 5) is 0. The van der Waals surface area contributed by atoms with Crippen molar-refractivity contribution in [2.45, 2.75) is 6.54 Å². The summed E-state index contributed by atoms with van der Waals surface area (Å²) < 4.78 is 1.44. The van der Waals surface area contributed by atoms with Crippen molar-refractivity contribution in [3.8, 4) is 0 Å². The van der Waals surface area contributed by atoms with E-state index in [1.54, 1.807) is 0 Å². The molecule has 48 valence electrons. The van der Waals surface area contributed by atoms with Crippen LogP contribution in [0.25, 0.3) is 0 Å². The van der Waals surface area contributed by atoms with Gasteiger partial charge in [-0.15, -0.1) is 0 Å². The van der Waals surface area contributed by atoms with E-state index in [0.717, 1.165) is 24.7 Å². The Hall–Kier alpha value is 0.0631. The van der Waals surface area contributed by atoms with Crippen molar-refractivity contribution in [1.82, 2.24) is 0 Å². The molecule has 0 aliphatic carbocycles. The number of benzene rings is 1. The molecule has 2 heteroatoms. The Morgan fingerprint density at radius 3 is 2.44 bits per heavy atom. The summed E-state index contributed by atoms with van der Waals surface area (Å²) in [7, 11) is 0. The second kappa shape index (κ2) is 3.29.